The van der Waals surface area contributed by atoms with Crippen molar-refractivity contribution in [2.24, 2.45) is 62.4 Å². The smallest absolute Gasteiger partial charge is 0.312 e. The number of rotatable bonds is 4. The molecule has 6 rings (SSSR count). The molecule has 6 aliphatic carbocycles. The Morgan fingerprint density at radius 2 is 1.69 bits per heavy atom. The van der Waals surface area contributed by atoms with Gasteiger partial charge in [0, 0.05) is 5.54 Å². The number of fused-ring (bicyclic) bond motifs is 8. The molecule has 0 aromatic carbocycles. The Bertz CT molecular complexity index is 1210. The quantitative estimate of drug-likeness (QED) is 0.293. The molecule has 2 bridgehead atoms. The molecule has 0 radical (unpaired) electrons. The Balaban J connectivity index is 1.34. The summed E-state index contributed by atoms with van der Waals surface area (Å²) in [7, 11) is 0. The number of hydrogen-bond donors (Lipinski definition) is 3. The van der Waals surface area contributed by atoms with Gasteiger partial charge in [0.15, 0.2) is 0 Å². The van der Waals surface area contributed by atoms with Gasteiger partial charge in [-0.25, -0.2) is 0 Å². The van der Waals surface area contributed by atoms with Crippen molar-refractivity contribution in [3.63, 3.8) is 0 Å². The van der Waals surface area contributed by atoms with Crippen molar-refractivity contribution >= 4 is 5.97 Å². The molecule has 234 valence electrons. The van der Waals surface area contributed by atoms with Gasteiger partial charge in [0.2, 0.25) is 0 Å². The third-order valence-electron chi connectivity index (χ3n) is 15.6. The minimum Gasteiger partial charge on any atom is -0.481 e. The molecule has 0 spiro atoms. The van der Waals surface area contributed by atoms with E-state index in [1.165, 1.54) is 74.5 Å². The minimum atomic E-state index is -1.01. The molecule has 0 amide bonds. The van der Waals surface area contributed by atoms with E-state index in [1.54, 1.807) is 0 Å². The predicted molar refractivity (Wildman–Crippen MR) is 171 cm³/mol. The van der Waals surface area contributed by atoms with Crippen LogP contribution in [0, 0.1) is 56.7 Å². The summed E-state index contributed by atoms with van der Waals surface area (Å²) < 4.78 is 0. The van der Waals surface area contributed by atoms with Gasteiger partial charge in [-0.15, -0.1) is 0 Å². The fourth-order valence-electron chi connectivity index (χ4n) is 12.9. The van der Waals surface area contributed by atoms with E-state index in [-0.39, 0.29) is 23.0 Å². The van der Waals surface area contributed by atoms with Crippen molar-refractivity contribution in [2.45, 2.75) is 131 Å². The van der Waals surface area contributed by atoms with Gasteiger partial charge in [-0.2, -0.15) is 0 Å². The first-order valence-corrected chi connectivity index (χ1v) is 17.3. The second-order valence-electron chi connectivity index (χ2n) is 17.6. The number of hydrogen-bond acceptors (Lipinski definition) is 3. The summed E-state index contributed by atoms with van der Waals surface area (Å²) in [5.74, 6) is 2.33. The van der Waals surface area contributed by atoms with Gasteiger partial charge in [-0.3, -0.25) is 4.79 Å². The van der Waals surface area contributed by atoms with Crippen LogP contribution in [0.2, 0.25) is 0 Å². The second-order valence-corrected chi connectivity index (χ2v) is 17.6. The normalized spacial score (nSPS) is 49.8. The molecule has 0 aromatic rings. The number of carboxylic acid groups (broad SMARTS) is 1. The predicted octanol–water partition coefficient (Wildman–Crippen LogP) is 8.46. The number of carboxylic acids is 1. The van der Waals surface area contributed by atoms with E-state index >= 15 is 0 Å². The van der Waals surface area contributed by atoms with Gasteiger partial charge in [0.1, 0.15) is 0 Å². The molecule has 0 heterocycles. The van der Waals surface area contributed by atoms with Gasteiger partial charge >= 0.3 is 5.97 Å². The van der Waals surface area contributed by atoms with Crippen LogP contribution in [0.3, 0.4) is 0 Å². The summed E-state index contributed by atoms with van der Waals surface area (Å²) in [6, 6.07) is 0. The van der Waals surface area contributed by atoms with E-state index in [4.69, 9.17) is 5.73 Å². The highest BCUT2D eigenvalue weighted by atomic mass is 16.4. The van der Waals surface area contributed by atoms with E-state index in [9.17, 15) is 15.0 Å². The summed E-state index contributed by atoms with van der Waals surface area (Å²) in [4.78, 5) is 12.0. The van der Waals surface area contributed by atoms with Gasteiger partial charge in [0.05, 0.1) is 12.0 Å². The number of allylic oxidation sites excluding steroid dienone is 5. The lowest BCUT2D eigenvalue weighted by Crippen LogP contribution is -2.58. The summed E-state index contributed by atoms with van der Waals surface area (Å²) in [5.41, 5.74) is 11.4. The zero-order chi connectivity index (χ0) is 30.5. The molecule has 4 fully saturated rings. The average Bonchev–Trinajstić information content (AvgIpc) is 3.16. The highest BCUT2D eigenvalue weighted by molar-refractivity contribution is 5.75. The Morgan fingerprint density at radius 1 is 0.952 bits per heavy atom. The molecule has 4 heteroatoms. The maximum atomic E-state index is 12.0. The molecule has 0 unspecified atom stereocenters. The monoisotopic (exact) mass is 577 g/mol. The lowest BCUT2D eigenvalue weighted by Gasteiger charge is -2.66. The second kappa shape index (κ2) is 9.80. The largest absolute Gasteiger partial charge is 0.481 e. The van der Waals surface area contributed by atoms with Crippen LogP contribution in [0.5, 0.6) is 0 Å². The molecule has 4 nitrogen and oxygen atoms in total. The lowest BCUT2D eigenvalue weighted by molar-refractivity contribution is -0.152. The van der Waals surface area contributed by atoms with Crippen molar-refractivity contribution in [3.8, 4) is 0 Å². The first-order chi connectivity index (χ1) is 19.6. The molecule has 4 saturated carbocycles. The average molecular weight is 578 g/mol. The first-order valence-electron chi connectivity index (χ1n) is 17.3. The third kappa shape index (κ3) is 4.09. The summed E-state index contributed by atoms with van der Waals surface area (Å²) in [6.07, 6.45) is 18.9. The number of aliphatic hydroxyl groups excluding tert-OH is 1. The highest BCUT2D eigenvalue weighted by Crippen LogP contribution is 2.73. The summed E-state index contributed by atoms with van der Waals surface area (Å²) in [6.45, 7) is 19.4. The first kappa shape index (κ1) is 30.6. The SMILES string of the molecule is C=C(C)[C@@H]1CC[C@]2(N)CC[C@]3(C)C[C@@H](CC[C@@H]4[C@@]5(C)CC=C(C6=CC[C@](CO)(C(=O)O)CC6)C(C)(C)[C@@H]5CC[C@]43C)[C@@H]12. The van der Waals surface area contributed by atoms with E-state index in [0.717, 1.165) is 12.8 Å². The van der Waals surface area contributed by atoms with Crippen LogP contribution in [0.25, 0.3) is 0 Å². The number of nitrogens with two attached hydrogens (primary N) is 1. The van der Waals surface area contributed by atoms with Crippen LogP contribution in [-0.2, 0) is 4.79 Å². The fraction of sp³-hybridized carbons (Fsp3) is 0.816. The van der Waals surface area contributed by atoms with Crippen molar-refractivity contribution in [1.29, 1.82) is 0 Å². The van der Waals surface area contributed by atoms with Crippen LogP contribution in [0.1, 0.15) is 125 Å². The van der Waals surface area contributed by atoms with E-state index in [2.05, 4.69) is 60.3 Å². The van der Waals surface area contributed by atoms with Gasteiger partial charge in [0.25, 0.3) is 0 Å². The van der Waals surface area contributed by atoms with Crippen LogP contribution in [-0.4, -0.2) is 28.3 Å². The lowest BCUT2D eigenvalue weighted by atomic mass is 9.39. The molecular formula is C38H59NO3. The van der Waals surface area contributed by atoms with E-state index in [1.807, 2.05) is 0 Å². The molecule has 0 saturated heterocycles. The van der Waals surface area contributed by atoms with Crippen molar-refractivity contribution in [2.75, 3.05) is 6.61 Å². The maximum Gasteiger partial charge on any atom is 0.312 e. The minimum absolute atomic E-state index is 0.0111. The Hall–Kier alpha value is -1.39. The number of carbonyl (C=O) groups is 1. The molecule has 4 N–H and O–H groups in total. The maximum absolute atomic E-state index is 12.0. The summed E-state index contributed by atoms with van der Waals surface area (Å²) >= 11 is 0. The van der Waals surface area contributed by atoms with Crippen molar-refractivity contribution in [3.05, 3.63) is 35.5 Å². The van der Waals surface area contributed by atoms with Gasteiger partial charge in [-0.1, -0.05) is 58.9 Å². The fourth-order valence-corrected chi connectivity index (χ4v) is 12.9. The van der Waals surface area contributed by atoms with Crippen molar-refractivity contribution < 1.29 is 15.0 Å². The summed E-state index contributed by atoms with van der Waals surface area (Å²) in [5, 5.41) is 19.8. The van der Waals surface area contributed by atoms with E-state index in [0.29, 0.717) is 53.3 Å². The topological polar surface area (TPSA) is 83.5 Å². The Morgan fingerprint density at radius 3 is 2.31 bits per heavy atom. The van der Waals surface area contributed by atoms with Crippen LogP contribution < -0.4 is 5.73 Å². The molecule has 10 atom stereocenters. The Labute approximate surface area is 255 Å². The van der Waals surface area contributed by atoms with Crippen molar-refractivity contribution in [1.82, 2.24) is 0 Å². The van der Waals surface area contributed by atoms with Crippen LogP contribution >= 0.6 is 0 Å². The van der Waals surface area contributed by atoms with Crippen LogP contribution in [0.15, 0.2) is 35.5 Å². The van der Waals surface area contributed by atoms with Gasteiger partial charge < -0.3 is 15.9 Å². The van der Waals surface area contributed by atoms with Crippen LogP contribution in [0.4, 0.5) is 0 Å². The number of aliphatic carboxylic acids is 1. The standard InChI is InChI=1S/C38H59NO3/c1-24(2)27-12-19-38(39)21-20-34(5)22-26(31(27)38)8-9-30-35(6)15-13-28(33(3,4)29(35)14-16-36(30,34)7)25-10-17-37(23-40,18-11-25)32(41)42/h10,13,26-27,29-31,40H,1,8-9,11-12,14-23,39H2,2-7H3,(H,41,42)/t26-,27+,29+,30-,31+,34-,35+,36-,37+,38+/m1/s1. The molecule has 42 heavy (non-hydrogen) atoms. The molecule has 6 aliphatic rings. The highest BCUT2D eigenvalue weighted by Gasteiger charge is 2.66. The third-order valence-corrected chi connectivity index (χ3v) is 15.6. The molecule has 0 aromatic heterocycles. The molecular weight excluding hydrogens is 518 g/mol. The van der Waals surface area contributed by atoms with E-state index < -0.39 is 11.4 Å². The van der Waals surface area contributed by atoms with Gasteiger partial charge in [-0.05, 0) is 153 Å². The molecule has 0 aliphatic heterocycles. The Kier molecular flexibility index (Phi) is 7.15. The zero-order valence-electron chi connectivity index (χ0n) is 27.5. The number of aliphatic hydroxyl groups is 1. The zero-order valence-corrected chi connectivity index (χ0v) is 27.5.